The average molecular weight is 569 g/mol. The van der Waals surface area contributed by atoms with Crippen LogP contribution in [0.15, 0.2) is 41.4 Å². The molecule has 1 aromatic heterocycles. The van der Waals surface area contributed by atoms with Gasteiger partial charge in [-0.05, 0) is 86.4 Å². The van der Waals surface area contributed by atoms with E-state index < -0.39 is 0 Å². The van der Waals surface area contributed by atoms with Gasteiger partial charge in [-0.25, -0.2) is 9.38 Å². The van der Waals surface area contributed by atoms with Gasteiger partial charge in [0.25, 0.3) is 5.91 Å². The van der Waals surface area contributed by atoms with E-state index in [1.807, 2.05) is 13.0 Å². The number of rotatable bonds is 9. The molecule has 0 bridgehead atoms. The van der Waals surface area contributed by atoms with Gasteiger partial charge in [0.15, 0.2) is 11.5 Å². The third-order valence-electron chi connectivity index (χ3n) is 7.28. The molecule has 0 radical (unpaired) electrons. The Kier molecular flexibility index (Phi) is 9.20. The topological polar surface area (TPSA) is 59.9 Å². The Labute approximate surface area is 238 Å². The van der Waals surface area contributed by atoms with E-state index in [2.05, 4.69) is 5.32 Å². The molecule has 1 amide bonds. The van der Waals surface area contributed by atoms with Crippen molar-refractivity contribution in [1.29, 1.82) is 0 Å². The average Bonchev–Trinajstić information content (AvgIpc) is 3.32. The van der Waals surface area contributed by atoms with E-state index >= 15 is 0 Å². The van der Waals surface area contributed by atoms with Crippen LogP contribution in [0.3, 0.4) is 0 Å². The van der Waals surface area contributed by atoms with Gasteiger partial charge in [0.2, 0.25) is 0 Å². The molecule has 1 N–H and O–H groups in total. The van der Waals surface area contributed by atoms with Crippen molar-refractivity contribution in [2.75, 3.05) is 6.61 Å². The van der Waals surface area contributed by atoms with Crippen LogP contribution in [0.5, 0.6) is 11.5 Å². The number of nitrogens with one attached hydrogen (secondary N) is 1. The van der Waals surface area contributed by atoms with Gasteiger partial charge in [0.1, 0.15) is 17.4 Å². The van der Waals surface area contributed by atoms with Crippen LogP contribution in [0.25, 0.3) is 0 Å². The SMILES string of the molecule is CCOc1cc(/C=N/c2sc3c(c2C(=O)NC2CCCCC2)CCCC3)cc(Cl)c1OCc1ccc(F)cc1. The molecular weight excluding hydrogens is 535 g/mol. The summed E-state index contributed by atoms with van der Waals surface area (Å²) in [6, 6.07) is 10.0. The van der Waals surface area contributed by atoms with E-state index in [0.717, 1.165) is 60.2 Å². The van der Waals surface area contributed by atoms with Gasteiger partial charge < -0.3 is 14.8 Å². The normalized spacial score (nSPS) is 15.8. The van der Waals surface area contributed by atoms with Crippen molar-refractivity contribution >= 4 is 40.1 Å². The molecule has 5 rings (SSSR count). The zero-order chi connectivity index (χ0) is 27.2. The van der Waals surface area contributed by atoms with E-state index in [-0.39, 0.29) is 24.4 Å². The molecule has 2 aromatic carbocycles. The van der Waals surface area contributed by atoms with Crippen LogP contribution < -0.4 is 14.8 Å². The molecule has 3 aromatic rings. The van der Waals surface area contributed by atoms with Gasteiger partial charge in [-0.1, -0.05) is 43.0 Å². The fourth-order valence-electron chi connectivity index (χ4n) is 5.32. The highest BCUT2D eigenvalue weighted by Gasteiger charge is 2.27. The van der Waals surface area contributed by atoms with E-state index in [0.29, 0.717) is 23.1 Å². The summed E-state index contributed by atoms with van der Waals surface area (Å²) in [4.78, 5) is 19.6. The van der Waals surface area contributed by atoms with Crippen LogP contribution in [0.2, 0.25) is 5.02 Å². The minimum atomic E-state index is -0.295. The minimum absolute atomic E-state index is 0.00558. The van der Waals surface area contributed by atoms with Crippen molar-refractivity contribution < 1.29 is 18.7 Å². The summed E-state index contributed by atoms with van der Waals surface area (Å²) in [5.41, 5.74) is 3.49. The van der Waals surface area contributed by atoms with E-state index in [9.17, 15) is 9.18 Å². The number of thiophene rings is 1. The van der Waals surface area contributed by atoms with Crippen molar-refractivity contribution in [2.24, 2.45) is 4.99 Å². The summed E-state index contributed by atoms with van der Waals surface area (Å²) in [6.45, 7) is 2.56. The molecule has 8 heteroatoms. The molecule has 0 saturated heterocycles. The Bertz CT molecular complexity index is 1330. The Morgan fingerprint density at radius 2 is 1.87 bits per heavy atom. The molecular formula is C31H34ClFN2O3S. The van der Waals surface area contributed by atoms with Crippen molar-refractivity contribution in [3.63, 3.8) is 0 Å². The highest BCUT2D eigenvalue weighted by molar-refractivity contribution is 7.16. The van der Waals surface area contributed by atoms with Gasteiger partial charge in [-0.3, -0.25) is 4.79 Å². The van der Waals surface area contributed by atoms with E-state index in [1.165, 1.54) is 41.8 Å². The molecule has 206 valence electrons. The Morgan fingerprint density at radius 1 is 1.10 bits per heavy atom. The van der Waals surface area contributed by atoms with Gasteiger partial charge >= 0.3 is 0 Å². The number of benzene rings is 2. The van der Waals surface area contributed by atoms with Crippen molar-refractivity contribution in [3.05, 3.63) is 74.4 Å². The number of halogens is 2. The van der Waals surface area contributed by atoms with Crippen LogP contribution in [0.4, 0.5) is 9.39 Å². The minimum Gasteiger partial charge on any atom is -0.490 e. The first-order valence-corrected chi connectivity index (χ1v) is 15.0. The number of carbonyl (C=O) groups excluding carboxylic acids is 1. The summed E-state index contributed by atoms with van der Waals surface area (Å²) >= 11 is 8.25. The van der Waals surface area contributed by atoms with Crippen LogP contribution in [-0.4, -0.2) is 24.8 Å². The molecule has 0 unspecified atom stereocenters. The maximum Gasteiger partial charge on any atom is 0.254 e. The zero-order valence-corrected chi connectivity index (χ0v) is 23.8. The summed E-state index contributed by atoms with van der Waals surface area (Å²) in [5.74, 6) is 0.649. The molecule has 2 aliphatic rings. The van der Waals surface area contributed by atoms with Crippen molar-refractivity contribution in [1.82, 2.24) is 5.32 Å². The second-order valence-electron chi connectivity index (χ2n) is 10.1. The van der Waals surface area contributed by atoms with Crippen molar-refractivity contribution in [2.45, 2.75) is 77.4 Å². The number of nitrogens with zero attached hydrogens (tertiary/aromatic N) is 1. The van der Waals surface area contributed by atoms with Gasteiger partial charge in [0, 0.05) is 17.1 Å². The fraction of sp³-hybridized carbons (Fsp3) is 0.419. The summed E-state index contributed by atoms with van der Waals surface area (Å²) in [5, 5.41) is 4.44. The maximum atomic E-state index is 13.5. The summed E-state index contributed by atoms with van der Waals surface area (Å²) < 4.78 is 25.0. The molecule has 2 aliphatic carbocycles. The third-order valence-corrected chi connectivity index (χ3v) is 8.76. The van der Waals surface area contributed by atoms with E-state index in [4.69, 9.17) is 26.1 Å². The summed E-state index contributed by atoms with van der Waals surface area (Å²) in [7, 11) is 0. The first-order chi connectivity index (χ1) is 19.0. The lowest BCUT2D eigenvalue weighted by atomic mass is 9.93. The highest BCUT2D eigenvalue weighted by atomic mass is 35.5. The summed E-state index contributed by atoms with van der Waals surface area (Å²) in [6.07, 6.45) is 11.6. The fourth-order valence-corrected chi connectivity index (χ4v) is 6.82. The number of hydrogen-bond donors (Lipinski definition) is 1. The lowest BCUT2D eigenvalue weighted by Gasteiger charge is -2.23. The number of fused-ring (bicyclic) bond motifs is 1. The molecule has 0 atom stereocenters. The van der Waals surface area contributed by atoms with Crippen LogP contribution in [0.1, 0.15) is 83.8 Å². The first kappa shape index (κ1) is 27.7. The van der Waals surface area contributed by atoms with Gasteiger partial charge in [-0.2, -0.15) is 0 Å². The Morgan fingerprint density at radius 3 is 2.64 bits per heavy atom. The van der Waals surface area contributed by atoms with Gasteiger partial charge in [-0.15, -0.1) is 11.3 Å². The van der Waals surface area contributed by atoms with Crippen LogP contribution in [0, 0.1) is 5.82 Å². The molecule has 1 saturated carbocycles. The largest absolute Gasteiger partial charge is 0.490 e. The second kappa shape index (κ2) is 13.0. The number of amides is 1. The maximum absolute atomic E-state index is 13.5. The lowest BCUT2D eigenvalue weighted by Crippen LogP contribution is -2.36. The Hall–Kier alpha value is -2.90. The van der Waals surface area contributed by atoms with Crippen molar-refractivity contribution in [3.8, 4) is 11.5 Å². The number of aryl methyl sites for hydroxylation is 1. The number of aliphatic imine (C=N–C) groups is 1. The molecule has 1 fully saturated rings. The molecule has 0 spiro atoms. The standard InChI is InChI=1S/C31H34ClFN2O3S/c1-2-37-26-17-21(16-25(32)29(26)38-19-20-12-14-22(33)15-13-20)18-34-31-28(24-10-6-7-11-27(24)39-31)30(36)35-23-8-4-3-5-9-23/h12-18,23H,2-11,19H2,1H3,(H,35,36)/b34-18+. The third kappa shape index (κ3) is 6.82. The first-order valence-electron chi connectivity index (χ1n) is 13.8. The molecule has 0 aliphatic heterocycles. The Balaban J connectivity index is 1.39. The quantitative estimate of drug-likeness (QED) is 0.265. The number of hydrogen-bond acceptors (Lipinski definition) is 5. The molecule has 5 nitrogen and oxygen atoms in total. The second-order valence-corrected chi connectivity index (χ2v) is 11.6. The molecule has 39 heavy (non-hydrogen) atoms. The smallest absolute Gasteiger partial charge is 0.254 e. The van der Waals surface area contributed by atoms with Gasteiger partial charge in [0.05, 0.1) is 17.2 Å². The predicted octanol–water partition coefficient (Wildman–Crippen LogP) is 8.21. The monoisotopic (exact) mass is 568 g/mol. The van der Waals surface area contributed by atoms with Crippen LogP contribution in [-0.2, 0) is 19.4 Å². The highest BCUT2D eigenvalue weighted by Crippen LogP contribution is 2.41. The zero-order valence-electron chi connectivity index (χ0n) is 22.2. The molecule has 1 heterocycles. The lowest BCUT2D eigenvalue weighted by molar-refractivity contribution is 0.0927. The number of carbonyl (C=O) groups is 1. The number of ether oxygens (including phenoxy) is 2. The van der Waals surface area contributed by atoms with Crippen LogP contribution >= 0.6 is 22.9 Å². The predicted molar refractivity (Wildman–Crippen MR) is 156 cm³/mol. The van der Waals surface area contributed by atoms with E-state index in [1.54, 1.807) is 35.8 Å².